The van der Waals surface area contributed by atoms with Gasteiger partial charge in [-0.2, -0.15) is 26.3 Å². The fraction of sp³-hybridized carbons (Fsp3) is 0.296. The van der Waals surface area contributed by atoms with Crippen molar-refractivity contribution in [3.63, 3.8) is 0 Å². The van der Waals surface area contributed by atoms with E-state index < -0.39 is 24.3 Å². The molecule has 1 saturated heterocycles. The molecule has 236 valence electrons. The third-order valence-corrected chi connectivity index (χ3v) is 6.06. The van der Waals surface area contributed by atoms with Crippen LogP contribution >= 0.6 is 0 Å². The molecule has 4 aromatic rings. The van der Waals surface area contributed by atoms with E-state index in [4.69, 9.17) is 29.5 Å². The molecule has 11 nitrogen and oxygen atoms in total. The van der Waals surface area contributed by atoms with Crippen LogP contribution in [-0.4, -0.2) is 92.0 Å². The molecule has 2 N–H and O–H groups in total. The molecule has 1 fully saturated rings. The number of fused-ring (bicyclic) bond motifs is 1. The summed E-state index contributed by atoms with van der Waals surface area (Å²) in [7, 11) is 1.68. The second kappa shape index (κ2) is 14.5. The van der Waals surface area contributed by atoms with Crippen LogP contribution < -0.4 is 9.64 Å². The quantitative estimate of drug-likeness (QED) is 0.307. The lowest BCUT2D eigenvalue weighted by Gasteiger charge is -2.35. The number of nitrogens with zero attached hydrogens (tertiary/aromatic N) is 6. The molecule has 5 rings (SSSR count). The summed E-state index contributed by atoms with van der Waals surface area (Å²) in [6, 6.07) is 12.2. The first-order valence-corrected chi connectivity index (χ1v) is 12.6. The summed E-state index contributed by atoms with van der Waals surface area (Å²) < 4.78 is 71.0. The maximum absolute atomic E-state index is 10.6. The number of imidazole rings is 1. The van der Waals surface area contributed by atoms with Crippen LogP contribution in [0.5, 0.6) is 5.75 Å². The number of aliphatic carboxylic acids is 2. The van der Waals surface area contributed by atoms with Crippen molar-refractivity contribution in [3.8, 4) is 17.0 Å². The molecule has 1 aromatic carbocycles. The highest BCUT2D eigenvalue weighted by atomic mass is 19.4. The average molecular weight is 629 g/mol. The lowest BCUT2D eigenvalue weighted by Crippen LogP contribution is -2.46. The van der Waals surface area contributed by atoms with Gasteiger partial charge in [0.05, 0.1) is 19.0 Å². The molecular formula is C27H26F6N6O5. The minimum absolute atomic E-state index is 0.835. The molecule has 0 atom stereocenters. The van der Waals surface area contributed by atoms with E-state index in [-0.39, 0.29) is 0 Å². The minimum Gasteiger partial charge on any atom is -0.497 e. The normalized spacial score (nSPS) is 13.8. The predicted molar refractivity (Wildman–Crippen MR) is 144 cm³/mol. The number of methoxy groups -OCH3 is 1. The molecule has 0 saturated carbocycles. The van der Waals surface area contributed by atoms with Gasteiger partial charge in [-0.1, -0.05) is 18.2 Å². The van der Waals surface area contributed by atoms with Gasteiger partial charge < -0.3 is 19.8 Å². The van der Waals surface area contributed by atoms with Crippen molar-refractivity contribution in [2.75, 3.05) is 38.2 Å². The number of ether oxygens (including phenoxy) is 1. The number of aromatic nitrogens is 4. The van der Waals surface area contributed by atoms with Crippen molar-refractivity contribution < 1.29 is 50.9 Å². The summed E-state index contributed by atoms with van der Waals surface area (Å²) in [6.07, 6.45) is -0.666. The predicted octanol–water partition coefficient (Wildman–Crippen LogP) is 4.39. The number of hydrogen-bond donors (Lipinski definition) is 2. The average Bonchev–Trinajstić information content (AvgIpc) is 3.42. The van der Waals surface area contributed by atoms with E-state index in [0.717, 1.165) is 61.2 Å². The van der Waals surface area contributed by atoms with Gasteiger partial charge in [0.25, 0.3) is 0 Å². The number of alkyl halides is 6. The molecule has 3 aromatic heterocycles. The fourth-order valence-electron chi connectivity index (χ4n) is 3.99. The van der Waals surface area contributed by atoms with E-state index in [1.165, 1.54) is 5.56 Å². The summed E-state index contributed by atoms with van der Waals surface area (Å²) in [4.78, 5) is 36.2. The SMILES string of the molecule is COc1cccc(-c2cnc3c(N4CCN(Cc5cccnc5)CC4)nccn23)c1.O=C(O)C(F)(F)F.O=C(O)C(F)(F)F. The van der Waals surface area contributed by atoms with Crippen LogP contribution in [0.25, 0.3) is 16.9 Å². The van der Waals surface area contributed by atoms with E-state index in [1.807, 2.05) is 55.2 Å². The molecule has 0 unspecified atom stereocenters. The summed E-state index contributed by atoms with van der Waals surface area (Å²) in [6.45, 7) is 4.76. The number of anilines is 1. The fourth-order valence-corrected chi connectivity index (χ4v) is 3.99. The Morgan fingerprint density at radius 2 is 1.52 bits per heavy atom. The number of benzene rings is 1. The zero-order valence-electron chi connectivity index (χ0n) is 23.0. The molecule has 0 bridgehead atoms. The Morgan fingerprint density at radius 3 is 2.07 bits per heavy atom. The van der Waals surface area contributed by atoms with Gasteiger partial charge in [-0.05, 0) is 23.8 Å². The van der Waals surface area contributed by atoms with Crippen LogP contribution in [0.1, 0.15) is 5.56 Å². The standard InChI is InChI=1S/C23H24N6O.2C2HF3O2/c1-30-20-6-2-5-19(14-20)21-16-26-23-22(25-8-9-29(21)23)28-12-10-27(11-13-28)17-18-4-3-7-24-15-18;2*3-2(4,5)1(6)7/h2-9,14-16H,10-13,17H2,1H3;2*(H,6,7). The number of hydrogen-bond acceptors (Lipinski definition) is 8. The van der Waals surface area contributed by atoms with Crippen LogP contribution in [0.3, 0.4) is 0 Å². The van der Waals surface area contributed by atoms with E-state index in [9.17, 15) is 26.3 Å². The van der Waals surface area contributed by atoms with Crippen LogP contribution in [0.15, 0.2) is 67.4 Å². The van der Waals surface area contributed by atoms with Gasteiger partial charge in [-0.15, -0.1) is 0 Å². The molecule has 4 heterocycles. The molecular weight excluding hydrogens is 602 g/mol. The Bertz CT molecular complexity index is 1520. The Hall–Kier alpha value is -4.93. The van der Waals surface area contributed by atoms with E-state index in [1.54, 1.807) is 7.11 Å². The summed E-state index contributed by atoms with van der Waals surface area (Å²) >= 11 is 0. The van der Waals surface area contributed by atoms with Crippen LogP contribution in [0.4, 0.5) is 32.2 Å². The highest BCUT2D eigenvalue weighted by Gasteiger charge is 2.38. The highest BCUT2D eigenvalue weighted by molar-refractivity contribution is 5.73. The second-order valence-corrected chi connectivity index (χ2v) is 9.05. The maximum Gasteiger partial charge on any atom is 0.490 e. The summed E-state index contributed by atoms with van der Waals surface area (Å²) in [5.74, 6) is -3.74. The molecule has 0 aliphatic carbocycles. The zero-order valence-corrected chi connectivity index (χ0v) is 23.0. The first-order valence-electron chi connectivity index (χ1n) is 12.6. The van der Waals surface area contributed by atoms with Crippen molar-refractivity contribution in [2.45, 2.75) is 18.9 Å². The van der Waals surface area contributed by atoms with Gasteiger partial charge in [-0.3, -0.25) is 14.3 Å². The van der Waals surface area contributed by atoms with Crippen LogP contribution in [0, 0.1) is 0 Å². The molecule has 1 aliphatic heterocycles. The van der Waals surface area contributed by atoms with Crippen LogP contribution in [-0.2, 0) is 16.1 Å². The molecule has 0 radical (unpaired) electrons. The number of carboxylic acids is 2. The van der Waals surface area contributed by atoms with Gasteiger partial charge in [0, 0.05) is 63.1 Å². The Morgan fingerprint density at radius 1 is 0.886 bits per heavy atom. The number of carbonyl (C=O) groups is 2. The minimum atomic E-state index is -5.08. The zero-order chi connectivity index (χ0) is 32.5. The summed E-state index contributed by atoms with van der Waals surface area (Å²) in [5.41, 5.74) is 4.24. The first kappa shape index (κ1) is 33.6. The topological polar surface area (TPSA) is 133 Å². The van der Waals surface area contributed by atoms with Crippen LogP contribution in [0.2, 0.25) is 0 Å². The number of piperazine rings is 1. The van der Waals surface area contributed by atoms with Crippen molar-refractivity contribution in [1.29, 1.82) is 0 Å². The lowest BCUT2D eigenvalue weighted by atomic mass is 10.1. The van der Waals surface area contributed by atoms with Gasteiger partial charge >= 0.3 is 24.3 Å². The monoisotopic (exact) mass is 628 g/mol. The van der Waals surface area contributed by atoms with E-state index in [2.05, 4.69) is 36.3 Å². The third kappa shape index (κ3) is 9.29. The summed E-state index contributed by atoms with van der Waals surface area (Å²) in [5, 5.41) is 14.2. The molecule has 0 amide bonds. The van der Waals surface area contributed by atoms with Crippen molar-refractivity contribution in [1.82, 2.24) is 24.3 Å². The van der Waals surface area contributed by atoms with E-state index in [0.29, 0.717) is 0 Å². The number of carboxylic acid groups (broad SMARTS) is 2. The molecule has 1 aliphatic rings. The number of pyridine rings is 1. The van der Waals surface area contributed by atoms with Gasteiger partial charge in [0.2, 0.25) is 0 Å². The largest absolute Gasteiger partial charge is 0.497 e. The Labute approximate surface area is 246 Å². The Kier molecular flexibility index (Phi) is 11.1. The maximum atomic E-state index is 10.6. The molecule has 17 heteroatoms. The van der Waals surface area contributed by atoms with Gasteiger partial charge in [0.15, 0.2) is 11.5 Å². The molecule has 0 spiro atoms. The van der Waals surface area contributed by atoms with Crippen molar-refractivity contribution in [3.05, 3.63) is 72.9 Å². The third-order valence-electron chi connectivity index (χ3n) is 6.06. The van der Waals surface area contributed by atoms with Crippen molar-refractivity contribution >= 4 is 23.4 Å². The number of rotatable bonds is 5. The Balaban J connectivity index is 0.000000317. The number of halogens is 6. The van der Waals surface area contributed by atoms with E-state index >= 15 is 0 Å². The highest BCUT2D eigenvalue weighted by Crippen LogP contribution is 2.28. The molecule has 44 heavy (non-hydrogen) atoms. The smallest absolute Gasteiger partial charge is 0.490 e. The second-order valence-electron chi connectivity index (χ2n) is 9.05. The lowest BCUT2D eigenvalue weighted by molar-refractivity contribution is -0.193. The van der Waals surface area contributed by atoms with Gasteiger partial charge in [0.1, 0.15) is 5.75 Å². The first-order chi connectivity index (χ1) is 20.7. The van der Waals surface area contributed by atoms with Gasteiger partial charge in [-0.25, -0.2) is 19.6 Å². The van der Waals surface area contributed by atoms with Crippen molar-refractivity contribution in [2.24, 2.45) is 0 Å².